The molecule has 366 valence electrons. The number of benzene rings is 1. The van der Waals surface area contributed by atoms with Gasteiger partial charge in [-0.1, -0.05) is 47.6 Å². The Morgan fingerprint density at radius 1 is 1.06 bits per heavy atom. The molecule has 0 spiro atoms. The maximum atomic E-state index is 13.1. The van der Waals surface area contributed by atoms with E-state index in [2.05, 4.69) is 38.8 Å². The summed E-state index contributed by atoms with van der Waals surface area (Å²) in [7, 11) is 2.75. The van der Waals surface area contributed by atoms with Crippen molar-refractivity contribution in [1.82, 2.24) is 9.88 Å². The Balaban J connectivity index is 1.26. The number of nitrogens with one attached hydrogen (secondary N) is 1. The van der Waals surface area contributed by atoms with Crippen molar-refractivity contribution in [2.24, 2.45) is 29.6 Å². The van der Waals surface area contributed by atoms with Crippen LogP contribution in [0, 0.1) is 29.6 Å². The van der Waals surface area contributed by atoms with Gasteiger partial charge in [-0.25, -0.2) is 9.59 Å². The summed E-state index contributed by atoms with van der Waals surface area (Å²) >= 11 is 0. The number of carbonyl (C=O) groups is 3. The summed E-state index contributed by atoms with van der Waals surface area (Å²) in [5.41, 5.74) is 0.402. The lowest BCUT2D eigenvalue weighted by Gasteiger charge is -2.42. The quantitative estimate of drug-likeness (QED) is 0.0587. The van der Waals surface area contributed by atoms with Crippen molar-refractivity contribution in [3.05, 3.63) is 45.2 Å². The van der Waals surface area contributed by atoms with Gasteiger partial charge in [0.25, 0.3) is 0 Å². The summed E-state index contributed by atoms with van der Waals surface area (Å²) in [6.45, 7) is 24.2. The van der Waals surface area contributed by atoms with Crippen LogP contribution in [0.1, 0.15) is 142 Å². The first kappa shape index (κ1) is 54.4. The number of carboxylic acids is 1. The summed E-state index contributed by atoms with van der Waals surface area (Å²) in [6, 6.07) is 4.03. The lowest BCUT2D eigenvalue weighted by Crippen LogP contribution is -2.50. The molecule has 14 nitrogen and oxygen atoms in total. The van der Waals surface area contributed by atoms with E-state index in [9.17, 15) is 34.5 Å². The normalized spacial score (nSPS) is 24.8. The fourth-order valence-electron chi connectivity index (χ4n) is 10.2. The third kappa shape index (κ3) is 13.7. The summed E-state index contributed by atoms with van der Waals surface area (Å²) in [4.78, 5) is 50.7. The molecule has 4 rings (SSSR count). The van der Waals surface area contributed by atoms with Gasteiger partial charge in [0.2, 0.25) is 5.43 Å². The van der Waals surface area contributed by atoms with E-state index in [1.807, 2.05) is 52.2 Å². The molecule has 0 aliphatic carbocycles. The van der Waals surface area contributed by atoms with E-state index < -0.39 is 65.3 Å². The number of hydrogen-bond acceptors (Lipinski definition) is 11. The van der Waals surface area contributed by atoms with Crippen molar-refractivity contribution in [2.45, 2.75) is 175 Å². The minimum Gasteiger partial charge on any atom is -0.477 e. The van der Waals surface area contributed by atoms with Crippen LogP contribution < -0.4 is 10.7 Å². The van der Waals surface area contributed by atoms with Crippen LogP contribution in [-0.2, 0) is 41.3 Å². The summed E-state index contributed by atoms with van der Waals surface area (Å²) in [5.74, 6) is -1.96. The molecule has 2 aliphatic rings. The number of hydrogen-bond donors (Lipinski definition) is 4. The molecule has 2 aliphatic heterocycles. The van der Waals surface area contributed by atoms with Crippen LogP contribution in [0.15, 0.2) is 23.1 Å². The molecule has 1 aromatic carbocycles. The van der Waals surface area contributed by atoms with E-state index in [0.29, 0.717) is 50.5 Å². The zero-order valence-corrected chi connectivity index (χ0v) is 42.2. The van der Waals surface area contributed by atoms with Gasteiger partial charge in [0.15, 0.2) is 6.29 Å². The Morgan fingerprint density at radius 3 is 2.35 bits per heavy atom. The molecule has 1 aromatic heterocycles. The third-order valence-corrected chi connectivity index (χ3v) is 15.7. The highest BCUT2D eigenvalue weighted by Crippen LogP contribution is 2.38. The highest BCUT2D eigenvalue weighted by Gasteiger charge is 2.42. The van der Waals surface area contributed by atoms with Gasteiger partial charge in [0.1, 0.15) is 17.5 Å². The van der Waals surface area contributed by atoms with Crippen LogP contribution in [0.4, 0.5) is 4.79 Å². The molecule has 15 heteroatoms. The van der Waals surface area contributed by atoms with Gasteiger partial charge in [-0.05, 0) is 121 Å². The number of amides is 1. The number of carboxylic acid groups (broad SMARTS) is 1. The van der Waals surface area contributed by atoms with Gasteiger partial charge in [-0.3, -0.25) is 9.59 Å². The second-order valence-corrected chi connectivity index (χ2v) is 20.6. The first-order valence-electron chi connectivity index (χ1n) is 23.7. The van der Waals surface area contributed by atoms with Crippen LogP contribution in [0.5, 0.6) is 0 Å². The van der Waals surface area contributed by atoms with Crippen LogP contribution in [-0.4, -0.2) is 118 Å². The van der Waals surface area contributed by atoms with Crippen molar-refractivity contribution in [3.8, 4) is 0 Å². The number of aryl methyl sites for hydroxylation is 2. The Labute approximate surface area is 388 Å². The molecule has 2 aromatic rings. The Morgan fingerprint density at radius 2 is 1.75 bits per heavy atom. The van der Waals surface area contributed by atoms with Crippen LogP contribution >= 0.6 is 8.20 Å². The van der Waals surface area contributed by atoms with Crippen molar-refractivity contribution >= 4 is 42.2 Å². The molecule has 65 heavy (non-hydrogen) atoms. The fourth-order valence-corrected chi connectivity index (χ4v) is 11.2. The average molecular weight is 931 g/mol. The number of nitrogens with zero attached hydrogens (tertiary/aromatic N) is 1. The number of aliphatic hydroxyl groups excluding tert-OH is 1. The molecule has 4 N–H and O–H groups in total. The molecular weight excluding hydrogens is 852 g/mol. The summed E-state index contributed by atoms with van der Waals surface area (Å²) in [5, 5.41) is 35.9. The molecule has 7 unspecified atom stereocenters. The van der Waals surface area contributed by atoms with Crippen molar-refractivity contribution < 1.29 is 53.4 Å². The smallest absolute Gasteiger partial charge is 0.407 e. The zero-order valence-electron chi connectivity index (χ0n) is 41.3. The molecule has 0 radical (unpaired) electrons. The van der Waals surface area contributed by atoms with E-state index in [1.165, 1.54) is 6.20 Å². The molecular formula is C50H79N2O12P. The molecule has 0 bridgehead atoms. The predicted molar refractivity (Wildman–Crippen MR) is 255 cm³/mol. The molecule has 1 amide bonds. The zero-order chi connectivity index (χ0) is 48.6. The van der Waals surface area contributed by atoms with Gasteiger partial charge in [-0.2, -0.15) is 0 Å². The van der Waals surface area contributed by atoms with E-state index in [4.69, 9.17) is 23.7 Å². The van der Waals surface area contributed by atoms with Gasteiger partial charge in [0, 0.05) is 62.1 Å². The molecule has 0 saturated carbocycles. The van der Waals surface area contributed by atoms with E-state index in [1.54, 1.807) is 21.0 Å². The predicted octanol–water partition coefficient (Wildman–Crippen LogP) is 8.00. The van der Waals surface area contributed by atoms with E-state index >= 15 is 0 Å². The maximum absolute atomic E-state index is 13.1. The standard InChI is InChI=1S/C50H79N2O12P/c1-14-50(11,59)46(55)33(7)45(65-13)30(4)26-49(10,60-12)25-29(3)43(32(6)34(8)53)63-40-22-28(2)44(35(9)62-40)64-48(58)51-19-21-61-20-15-16-36-23-37-18-17-31(5)52-27-39(47(56)57)42(54)38(24-36)41(37)52/h23-24,27-33,35,40,43-44,46,55,59H,14-22,25-26H2,1-13H3,(H,51,58)(H,56,57)/t28?,29-,30-,31?,32?,33?,35?,40?,43+,44-,46?,49+,50-/m1/s1. The lowest BCUT2D eigenvalue weighted by molar-refractivity contribution is -0.259. The van der Waals surface area contributed by atoms with Crippen molar-refractivity contribution in [2.75, 3.05) is 33.5 Å². The molecule has 3 heterocycles. The highest BCUT2D eigenvalue weighted by molar-refractivity contribution is 7.39. The fraction of sp³-hybridized carbons (Fsp3) is 0.740. The Bertz CT molecular complexity index is 2020. The lowest BCUT2D eigenvalue weighted by atomic mass is 9.76. The maximum Gasteiger partial charge on any atom is 0.407 e. The third-order valence-electron chi connectivity index (χ3n) is 14.3. The summed E-state index contributed by atoms with van der Waals surface area (Å²) in [6.07, 6.45) is 3.14. The minimum absolute atomic E-state index is 0.0116. The van der Waals surface area contributed by atoms with Gasteiger partial charge in [-0.15, -0.1) is 8.20 Å². The number of ketones is 1. The summed E-state index contributed by atoms with van der Waals surface area (Å²) < 4.78 is 32.8. The molecule has 13 atom stereocenters. The average Bonchev–Trinajstić information content (AvgIpc) is 3.24. The van der Waals surface area contributed by atoms with E-state index in [-0.39, 0.29) is 54.2 Å². The number of rotatable bonds is 24. The van der Waals surface area contributed by atoms with Gasteiger partial charge >= 0.3 is 12.1 Å². The number of Topliss-reactive ketones (excluding diaryl/α,β-unsaturated/α-hetero) is 1. The second-order valence-electron chi connectivity index (χ2n) is 19.7. The number of ether oxygens (including phenoxy) is 5. The monoisotopic (exact) mass is 931 g/mol. The number of pyridine rings is 1. The van der Waals surface area contributed by atoms with Crippen LogP contribution in [0.25, 0.3) is 10.9 Å². The van der Waals surface area contributed by atoms with Crippen LogP contribution in [0.2, 0.25) is 0 Å². The molecule has 1 saturated heterocycles. The Hall–Kier alpha value is -3.23. The van der Waals surface area contributed by atoms with E-state index in [0.717, 1.165) is 43.0 Å². The second kappa shape index (κ2) is 23.7. The number of aromatic carboxylic acids is 1. The topological polar surface area (TPSA) is 192 Å². The van der Waals surface area contributed by atoms with Crippen molar-refractivity contribution in [1.29, 1.82) is 0 Å². The van der Waals surface area contributed by atoms with Gasteiger partial charge in [0.05, 0.1) is 41.6 Å². The number of alkyl carbamates (subject to hydrolysis) is 1. The number of aromatic nitrogens is 1. The Kier molecular flexibility index (Phi) is 19.8. The number of carbonyl (C=O) groups excluding carboxylic acids is 2. The minimum atomic E-state index is -1.22. The first-order valence-corrected chi connectivity index (χ1v) is 25.0. The highest BCUT2D eigenvalue weighted by atomic mass is 31.1. The first-order chi connectivity index (χ1) is 30.5. The van der Waals surface area contributed by atoms with Crippen molar-refractivity contribution in [3.63, 3.8) is 0 Å². The van der Waals surface area contributed by atoms with Crippen LogP contribution in [0.3, 0.4) is 0 Å². The molecule has 1 fully saturated rings. The van der Waals surface area contributed by atoms with Gasteiger partial charge < -0.3 is 48.9 Å². The number of methoxy groups -OCH3 is 1. The largest absolute Gasteiger partial charge is 0.477 e. The SMILES string of the molecule is CC[C@@](C)(O)C(O)C(C)C(=PC)[C@H](C)C[C@](C)(C[C@@H](C)[C@H](OC1CC(C)[C@@H](OC(=O)NCCOCCCc2cc3c4c(c2)c(=O)c(C(=O)O)cn4C(C)CC3)C(C)O1)C(C)C(C)=O)OC. The number of aliphatic hydroxyl groups is 2.